The molecule has 1 rings (SSSR count). The molecular weight excluding hydrogens is 242 g/mol. The van der Waals surface area contributed by atoms with Gasteiger partial charge in [0.2, 0.25) is 5.91 Å². The molecule has 82 valence electrons. The zero-order valence-corrected chi connectivity index (χ0v) is 10.6. The van der Waals surface area contributed by atoms with Crippen molar-refractivity contribution in [2.75, 3.05) is 0 Å². The quantitative estimate of drug-likeness (QED) is 0.775. The van der Waals surface area contributed by atoms with Crippen LogP contribution in [0.25, 0.3) is 0 Å². The molecule has 1 N–H and O–H groups in total. The molecule has 0 aromatic heterocycles. The molecule has 0 aliphatic heterocycles. The number of alkyl halides is 1. The first-order chi connectivity index (χ1) is 6.65. The summed E-state index contributed by atoms with van der Waals surface area (Å²) < 4.78 is 0. The van der Waals surface area contributed by atoms with Crippen LogP contribution in [0.4, 0.5) is 0 Å². The fraction of sp³-hybridized carbons (Fsp3) is 0.909. The van der Waals surface area contributed by atoms with E-state index in [2.05, 4.69) is 28.2 Å². The van der Waals surface area contributed by atoms with E-state index >= 15 is 0 Å². The highest BCUT2D eigenvalue weighted by Gasteiger charge is 2.24. The average Bonchev–Trinajstić information content (AvgIpc) is 2.69. The van der Waals surface area contributed by atoms with Crippen molar-refractivity contribution in [3.8, 4) is 0 Å². The fourth-order valence-electron chi connectivity index (χ4n) is 2.08. The summed E-state index contributed by atoms with van der Waals surface area (Å²) in [5.41, 5.74) is 0. The Morgan fingerprint density at radius 2 is 2.07 bits per heavy atom. The predicted octanol–water partition coefficient (Wildman–Crippen LogP) is 2.85. The molecule has 1 fully saturated rings. The van der Waals surface area contributed by atoms with E-state index in [0.29, 0.717) is 12.0 Å². The molecule has 0 aromatic carbocycles. The largest absolute Gasteiger partial charge is 0.352 e. The van der Waals surface area contributed by atoms with Gasteiger partial charge in [-0.3, -0.25) is 4.79 Å². The van der Waals surface area contributed by atoms with E-state index in [4.69, 9.17) is 0 Å². The van der Waals surface area contributed by atoms with Crippen LogP contribution in [-0.4, -0.2) is 16.8 Å². The minimum atomic E-state index is -0.0219. The number of hydrogen-bond acceptors (Lipinski definition) is 1. The second-order valence-electron chi connectivity index (χ2n) is 4.22. The summed E-state index contributed by atoms with van der Waals surface area (Å²) in [6.45, 7) is 4.14. The van der Waals surface area contributed by atoms with Crippen molar-refractivity contribution in [3.05, 3.63) is 0 Å². The molecule has 1 unspecified atom stereocenters. The van der Waals surface area contributed by atoms with Crippen molar-refractivity contribution in [2.24, 2.45) is 5.92 Å². The molecule has 0 spiro atoms. The molecule has 0 saturated heterocycles. The summed E-state index contributed by atoms with van der Waals surface area (Å²) in [5.74, 6) is 0.849. The lowest BCUT2D eigenvalue weighted by atomic mass is 10.00. The van der Waals surface area contributed by atoms with Crippen LogP contribution in [0.15, 0.2) is 0 Å². The van der Waals surface area contributed by atoms with E-state index in [0.717, 1.165) is 6.42 Å². The summed E-state index contributed by atoms with van der Waals surface area (Å²) in [6, 6.07) is 0.344. The third-order valence-corrected chi connectivity index (χ3v) is 4.18. The maximum absolute atomic E-state index is 11.6. The molecule has 1 amide bonds. The smallest absolute Gasteiger partial charge is 0.233 e. The highest BCUT2D eigenvalue weighted by molar-refractivity contribution is 9.10. The molecular formula is C11H20BrNO. The Hall–Kier alpha value is -0.0500. The maximum Gasteiger partial charge on any atom is 0.233 e. The van der Waals surface area contributed by atoms with Gasteiger partial charge in [-0.05, 0) is 32.1 Å². The van der Waals surface area contributed by atoms with Crippen LogP contribution in [0, 0.1) is 5.92 Å². The van der Waals surface area contributed by atoms with Crippen LogP contribution in [0.1, 0.15) is 46.0 Å². The first-order valence-electron chi connectivity index (χ1n) is 5.59. The molecule has 1 aliphatic rings. The van der Waals surface area contributed by atoms with Gasteiger partial charge < -0.3 is 5.32 Å². The van der Waals surface area contributed by atoms with Crippen molar-refractivity contribution in [2.45, 2.75) is 56.8 Å². The van der Waals surface area contributed by atoms with E-state index in [1.807, 2.05) is 6.92 Å². The van der Waals surface area contributed by atoms with Crippen LogP contribution in [-0.2, 0) is 4.79 Å². The van der Waals surface area contributed by atoms with Crippen LogP contribution >= 0.6 is 15.9 Å². The monoisotopic (exact) mass is 261 g/mol. The van der Waals surface area contributed by atoms with Gasteiger partial charge in [0.05, 0.1) is 4.83 Å². The van der Waals surface area contributed by atoms with Gasteiger partial charge in [0.1, 0.15) is 0 Å². The molecule has 0 aromatic rings. The molecule has 3 heteroatoms. The zero-order chi connectivity index (χ0) is 10.6. The Kier molecular flexibility index (Phi) is 4.93. The molecule has 14 heavy (non-hydrogen) atoms. The van der Waals surface area contributed by atoms with Crippen molar-refractivity contribution in [1.29, 1.82) is 0 Å². The van der Waals surface area contributed by atoms with E-state index in [-0.39, 0.29) is 10.7 Å². The topological polar surface area (TPSA) is 29.1 Å². The second kappa shape index (κ2) is 5.74. The summed E-state index contributed by atoms with van der Waals surface area (Å²) in [4.78, 5) is 11.6. The van der Waals surface area contributed by atoms with Gasteiger partial charge in [0.25, 0.3) is 0 Å². The van der Waals surface area contributed by atoms with Crippen molar-refractivity contribution >= 4 is 21.8 Å². The predicted molar refractivity (Wildman–Crippen MR) is 62.6 cm³/mol. The maximum atomic E-state index is 11.6. The van der Waals surface area contributed by atoms with Crippen LogP contribution in [0.2, 0.25) is 0 Å². The highest BCUT2D eigenvalue weighted by atomic mass is 79.9. The fourth-order valence-corrected chi connectivity index (χ4v) is 2.21. The average molecular weight is 262 g/mol. The van der Waals surface area contributed by atoms with Gasteiger partial charge in [0.15, 0.2) is 0 Å². The van der Waals surface area contributed by atoms with E-state index in [1.165, 1.54) is 25.7 Å². The first-order valence-corrected chi connectivity index (χ1v) is 6.51. The standard InChI is InChI=1S/C11H20BrNO/c1-3-10(12)11(14)13-8(2)9-6-4-5-7-9/h8-10H,3-7H2,1-2H3,(H,13,14)/t8-,10?/m1/s1. The van der Waals surface area contributed by atoms with Crippen molar-refractivity contribution < 1.29 is 4.79 Å². The number of hydrogen-bond donors (Lipinski definition) is 1. The van der Waals surface area contributed by atoms with Gasteiger partial charge in [-0.15, -0.1) is 0 Å². The lowest BCUT2D eigenvalue weighted by Crippen LogP contribution is -2.40. The molecule has 2 nitrogen and oxygen atoms in total. The lowest BCUT2D eigenvalue weighted by molar-refractivity contribution is -0.121. The summed E-state index contributed by atoms with van der Waals surface area (Å²) >= 11 is 3.37. The van der Waals surface area contributed by atoms with Crippen LogP contribution in [0.5, 0.6) is 0 Å². The molecule has 2 atom stereocenters. The highest BCUT2D eigenvalue weighted by Crippen LogP contribution is 2.27. The summed E-state index contributed by atoms with van der Waals surface area (Å²) in [6.07, 6.45) is 6.07. The molecule has 0 heterocycles. The number of nitrogens with one attached hydrogen (secondary N) is 1. The number of rotatable bonds is 4. The second-order valence-corrected chi connectivity index (χ2v) is 5.32. The minimum Gasteiger partial charge on any atom is -0.352 e. The van der Waals surface area contributed by atoms with Crippen molar-refractivity contribution in [3.63, 3.8) is 0 Å². The normalized spacial score (nSPS) is 21.9. The van der Waals surface area contributed by atoms with Crippen molar-refractivity contribution in [1.82, 2.24) is 5.32 Å². The minimum absolute atomic E-state index is 0.0219. The van der Waals surface area contributed by atoms with Crippen LogP contribution in [0.3, 0.4) is 0 Å². The van der Waals surface area contributed by atoms with E-state index < -0.39 is 0 Å². The van der Waals surface area contributed by atoms with E-state index in [9.17, 15) is 4.79 Å². The van der Waals surface area contributed by atoms with Gasteiger partial charge in [-0.1, -0.05) is 35.7 Å². The Labute approximate surface area is 95.0 Å². The molecule has 1 saturated carbocycles. The Morgan fingerprint density at radius 1 is 1.50 bits per heavy atom. The Balaban J connectivity index is 2.31. The van der Waals surface area contributed by atoms with E-state index in [1.54, 1.807) is 0 Å². The third kappa shape index (κ3) is 3.26. The molecule has 0 bridgehead atoms. The zero-order valence-electron chi connectivity index (χ0n) is 9.05. The number of halogens is 1. The summed E-state index contributed by atoms with van der Waals surface area (Å²) in [7, 11) is 0. The number of carbonyl (C=O) groups excluding carboxylic acids is 1. The third-order valence-electron chi connectivity index (χ3n) is 3.12. The first kappa shape index (κ1) is 12.0. The molecule has 0 radical (unpaired) electrons. The lowest BCUT2D eigenvalue weighted by Gasteiger charge is -2.21. The number of carbonyl (C=O) groups is 1. The Morgan fingerprint density at radius 3 is 2.57 bits per heavy atom. The Bertz CT molecular complexity index is 190. The van der Waals surface area contributed by atoms with Gasteiger partial charge >= 0.3 is 0 Å². The molecule has 1 aliphatic carbocycles. The van der Waals surface area contributed by atoms with Gasteiger partial charge in [0, 0.05) is 6.04 Å². The van der Waals surface area contributed by atoms with Crippen LogP contribution < -0.4 is 5.32 Å². The SMILES string of the molecule is CCC(Br)C(=O)N[C@H](C)C1CCCC1. The van der Waals surface area contributed by atoms with Gasteiger partial charge in [-0.25, -0.2) is 0 Å². The summed E-state index contributed by atoms with van der Waals surface area (Å²) in [5, 5.41) is 3.09. The number of amides is 1. The van der Waals surface area contributed by atoms with Gasteiger partial charge in [-0.2, -0.15) is 0 Å².